The molecule has 0 radical (unpaired) electrons. The van der Waals surface area contributed by atoms with Crippen LogP contribution in [0.15, 0.2) is 65.7 Å². The zero-order valence-corrected chi connectivity index (χ0v) is 13.1. The molecule has 0 spiro atoms. The summed E-state index contributed by atoms with van der Waals surface area (Å²) < 4.78 is 6.93. The van der Waals surface area contributed by atoms with Gasteiger partial charge < -0.3 is 9.73 Å². The van der Waals surface area contributed by atoms with Crippen LogP contribution in [0.1, 0.15) is 16.1 Å². The van der Waals surface area contributed by atoms with Crippen molar-refractivity contribution in [1.29, 1.82) is 0 Å². The Bertz CT molecular complexity index is 955. The number of amides is 1. The number of rotatable bonds is 5. The second kappa shape index (κ2) is 6.44. The smallest absolute Gasteiger partial charge is 0.272 e. The minimum atomic E-state index is -0.273. The van der Waals surface area contributed by atoms with Crippen molar-refractivity contribution in [3.8, 4) is 17.3 Å². The van der Waals surface area contributed by atoms with Gasteiger partial charge in [-0.1, -0.05) is 6.07 Å². The molecule has 2 N–H and O–H groups in total. The van der Waals surface area contributed by atoms with Crippen LogP contribution in [-0.2, 0) is 6.54 Å². The average molecular weight is 334 g/mol. The van der Waals surface area contributed by atoms with Crippen molar-refractivity contribution in [2.45, 2.75) is 6.54 Å². The lowest BCUT2D eigenvalue weighted by atomic mass is 10.2. The molecule has 0 atom stereocenters. The highest BCUT2D eigenvalue weighted by Gasteiger charge is 2.12. The molecule has 8 heteroatoms. The second-order valence-corrected chi connectivity index (χ2v) is 5.30. The number of nitrogens with one attached hydrogen (secondary N) is 2. The van der Waals surface area contributed by atoms with Crippen molar-refractivity contribution in [1.82, 2.24) is 30.3 Å². The number of pyridine rings is 1. The first-order valence-electron chi connectivity index (χ1n) is 7.62. The standard InChI is InChI=1S/C17H14N6O2/c24-17(14-9-13(21-22-14)15-3-1-8-25-15)19-11-12-4-5-16(18-10-12)23-7-2-6-20-23/h1-10H,11H2,(H,19,24)(H,21,22). The summed E-state index contributed by atoms with van der Waals surface area (Å²) in [5, 5.41) is 13.7. The first kappa shape index (κ1) is 14.9. The molecule has 0 aromatic carbocycles. The number of hydrogen-bond donors (Lipinski definition) is 2. The average Bonchev–Trinajstić information content (AvgIpc) is 3.42. The van der Waals surface area contributed by atoms with E-state index in [1.807, 2.05) is 24.4 Å². The van der Waals surface area contributed by atoms with Crippen LogP contribution in [0.2, 0.25) is 0 Å². The van der Waals surface area contributed by atoms with E-state index in [1.54, 1.807) is 41.5 Å². The fourth-order valence-electron chi connectivity index (χ4n) is 2.33. The summed E-state index contributed by atoms with van der Waals surface area (Å²) in [5.41, 5.74) is 1.83. The summed E-state index contributed by atoms with van der Waals surface area (Å²) >= 11 is 0. The fourth-order valence-corrected chi connectivity index (χ4v) is 2.33. The van der Waals surface area contributed by atoms with Gasteiger partial charge in [0.25, 0.3) is 5.91 Å². The first-order valence-corrected chi connectivity index (χ1v) is 7.62. The van der Waals surface area contributed by atoms with E-state index in [0.29, 0.717) is 23.7 Å². The van der Waals surface area contributed by atoms with Gasteiger partial charge in [-0.2, -0.15) is 10.2 Å². The van der Waals surface area contributed by atoms with Gasteiger partial charge in [-0.05, 0) is 29.8 Å². The van der Waals surface area contributed by atoms with E-state index in [1.165, 1.54) is 0 Å². The maximum absolute atomic E-state index is 12.2. The summed E-state index contributed by atoms with van der Waals surface area (Å²) in [6.07, 6.45) is 6.78. The van der Waals surface area contributed by atoms with Crippen LogP contribution in [0, 0.1) is 0 Å². The molecular weight excluding hydrogens is 320 g/mol. The Morgan fingerprint density at radius 3 is 2.96 bits per heavy atom. The van der Waals surface area contributed by atoms with E-state index < -0.39 is 0 Å². The van der Waals surface area contributed by atoms with Crippen LogP contribution >= 0.6 is 0 Å². The summed E-state index contributed by atoms with van der Waals surface area (Å²) in [6.45, 7) is 0.355. The molecule has 4 heterocycles. The molecule has 1 amide bonds. The van der Waals surface area contributed by atoms with Gasteiger partial charge in [0.2, 0.25) is 0 Å². The third kappa shape index (κ3) is 3.18. The Morgan fingerprint density at radius 2 is 2.24 bits per heavy atom. The number of furan rings is 1. The Kier molecular flexibility index (Phi) is 3.83. The topological polar surface area (TPSA) is 102 Å². The molecule has 0 aliphatic heterocycles. The van der Waals surface area contributed by atoms with Crippen LogP contribution in [0.5, 0.6) is 0 Å². The zero-order valence-electron chi connectivity index (χ0n) is 13.1. The Morgan fingerprint density at radius 1 is 1.28 bits per heavy atom. The van der Waals surface area contributed by atoms with Crippen molar-refractivity contribution in [2.24, 2.45) is 0 Å². The monoisotopic (exact) mass is 334 g/mol. The molecule has 4 aromatic heterocycles. The van der Waals surface area contributed by atoms with Crippen LogP contribution in [0.4, 0.5) is 0 Å². The first-order chi connectivity index (χ1) is 12.3. The van der Waals surface area contributed by atoms with Crippen molar-refractivity contribution < 1.29 is 9.21 Å². The molecule has 8 nitrogen and oxygen atoms in total. The molecule has 25 heavy (non-hydrogen) atoms. The molecule has 0 unspecified atom stereocenters. The van der Waals surface area contributed by atoms with Crippen molar-refractivity contribution in [2.75, 3.05) is 0 Å². The molecule has 0 bridgehead atoms. The largest absolute Gasteiger partial charge is 0.463 e. The van der Waals surface area contributed by atoms with Gasteiger partial charge in [0.1, 0.15) is 5.69 Å². The van der Waals surface area contributed by atoms with E-state index in [-0.39, 0.29) is 5.91 Å². The van der Waals surface area contributed by atoms with Gasteiger partial charge in [-0.15, -0.1) is 0 Å². The maximum atomic E-state index is 12.2. The number of H-pyrrole nitrogens is 1. The molecular formula is C17H14N6O2. The third-order valence-corrected chi connectivity index (χ3v) is 3.60. The van der Waals surface area contributed by atoms with E-state index in [2.05, 4.69) is 25.6 Å². The van der Waals surface area contributed by atoms with E-state index in [9.17, 15) is 4.79 Å². The predicted molar refractivity (Wildman–Crippen MR) is 88.8 cm³/mol. The van der Waals surface area contributed by atoms with Crippen LogP contribution < -0.4 is 5.32 Å². The summed E-state index contributed by atoms with van der Waals surface area (Å²) in [7, 11) is 0. The van der Waals surface area contributed by atoms with Crippen molar-refractivity contribution in [3.63, 3.8) is 0 Å². The highest BCUT2D eigenvalue weighted by Crippen LogP contribution is 2.17. The maximum Gasteiger partial charge on any atom is 0.272 e. The van der Waals surface area contributed by atoms with E-state index in [0.717, 1.165) is 11.4 Å². The lowest BCUT2D eigenvalue weighted by Crippen LogP contribution is -2.23. The number of carbonyl (C=O) groups is 1. The number of aromatic amines is 1. The molecule has 124 valence electrons. The van der Waals surface area contributed by atoms with E-state index in [4.69, 9.17) is 4.42 Å². The van der Waals surface area contributed by atoms with Gasteiger partial charge in [-0.3, -0.25) is 9.89 Å². The van der Waals surface area contributed by atoms with E-state index >= 15 is 0 Å². The SMILES string of the molecule is O=C(NCc1ccc(-n2cccn2)nc1)c1cc(-c2ccco2)[nH]n1. The predicted octanol–water partition coefficient (Wildman–Crippen LogP) is 2.18. The van der Waals surface area contributed by atoms with Crippen LogP contribution in [0.25, 0.3) is 17.3 Å². The summed E-state index contributed by atoms with van der Waals surface area (Å²) in [4.78, 5) is 16.5. The quantitative estimate of drug-likeness (QED) is 0.582. The van der Waals surface area contributed by atoms with Crippen molar-refractivity contribution in [3.05, 3.63) is 72.5 Å². The molecule has 4 rings (SSSR count). The normalized spacial score (nSPS) is 10.7. The molecule has 0 aliphatic rings. The van der Waals surface area contributed by atoms with Gasteiger partial charge in [0.05, 0.1) is 6.26 Å². The third-order valence-electron chi connectivity index (χ3n) is 3.60. The highest BCUT2D eigenvalue weighted by molar-refractivity contribution is 5.93. The Labute approximate surface area is 142 Å². The molecule has 0 aliphatic carbocycles. The van der Waals surface area contributed by atoms with Crippen LogP contribution in [0.3, 0.4) is 0 Å². The number of nitrogens with zero attached hydrogens (tertiary/aromatic N) is 4. The van der Waals surface area contributed by atoms with Gasteiger partial charge in [-0.25, -0.2) is 9.67 Å². The zero-order chi connectivity index (χ0) is 17.1. The van der Waals surface area contributed by atoms with Crippen LogP contribution in [-0.4, -0.2) is 30.9 Å². The van der Waals surface area contributed by atoms with Crippen molar-refractivity contribution >= 4 is 5.91 Å². The Hall–Kier alpha value is -3.68. The lowest BCUT2D eigenvalue weighted by molar-refractivity contribution is 0.0946. The van der Waals surface area contributed by atoms with Gasteiger partial charge >= 0.3 is 0 Å². The number of hydrogen-bond acceptors (Lipinski definition) is 5. The molecule has 4 aromatic rings. The van der Waals surface area contributed by atoms with Gasteiger partial charge in [0.15, 0.2) is 17.3 Å². The molecule has 0 saturated heterocycles. The number of aromatic nitrogens is 5. The summed E-state index contributed by atoms with van der Waals surface area (Å²) in [5.74, 6) is 1.07. The highest BCUT2D eigenvalue weighted by atomic mass is 16.3. The summed E-state index contributed by atoms with van der Waals surface area (Å²) in [6, 6.07) is 10.8. The molecule has 0 saturated carbocycles. The fraction of sp³-hybridized carbons (Fsp3) is 0.0588. The molecule has 0 fully saturated rings. The minimum Gasteiger partial charge on any atom is -0.463 e. The van der Waals surface area contributed by atoms with Gasteiger partial charge in [0, 0.05) is 31.2 Å². The number of carbonyl (C=O) groups excluding carboxylic acids is 1. The second-order valence-electron chi connectivity index (χ2n) is 5.30. The minimum absolute atomic E-state index is 0.273. The Balaban J connectivity index is 1.39. The lowest BCUT2D eigenvalue weighted by Gasteiger charge is -2.04.